The molecule has 1 aromatic carbocycles. The van der Waals surface area contributed by atoms with Crippen molar-refractivity contribution >= 4 is 16.9 Å². The molecule has 27 heavy (non-hydrogen) atoms. The summed E-state index contributed by atoms with van der Waals surface area (Å²) in [6.45, 7) is 13.7. The van der Waals surface area contributed by atoms with E-state index in [1.54, 1.807) is 6.20 Å². The molecule has 3 heteroatoms. The second kappa shape index (κ2) is 7.26. The number of hydrogen-bond donors (Lipinski definition) is 0. The average Bonchev–Trinajstić information content (AvgIpc) is 2.60. The van der Waals surface area contributed by atoms with Crippen molar-refractivity contribution in [2.75, 3.05) is 0 Å². The smallest absolute Gasteiger partial charge is 0.314 e. The molecule has 1 saturated carbocycles. The lowest BCUT2D eigenvalue weighted by Gasteiger charge is -2.45. The van der Waals surface area contributed by atoms with Gasteiger partial charge in [-0.2, -0.15) is 0 Å². The van der Waals surface area contributed by atoms with Crippen LogP contribution in [0.4, 0.5) is 0 Å². The molecule has 1 heterocycles. The van der Waals surface area contributed by atoms with Crippen LogP contribution in [-0.4, -0.2) is 11.0 Å². The fourth-order valence-electron chi connectivity index (χ4n) is 4.28. The fourth-order valence-corrected chi connectivity index (χ4v) is 4.28. The predicted octanol–water partition coefficient (Wildman–Crippen LogP) is 6.26. The second-order valence-corrected chi connectivity index (χ2v) is 10.3. The number of carbonyl (C=O) groups excluding carboxylic acids is 1. The van der Waals surface area contributed by atoms with Crippen LogP contribution in [0.5, 0.6) is 5.75 Å². The molecule has 3 nitrogen and oxygen atoms in total. The Balaban J connectivity index is 1.83. The molecule has 2 aromatic rings. The average molecular weight is 368 g/mol. The summed E-state index contributed by atoms with van der Waals surface area (Å²) in [5.74, 6) is 1.48. The first-order valence-electron chi connectivity index (χ1n) is 10.1. The Hall–Kier alpha value is -1.90. The number of pyridine rings is 1. The Morgan fingerprint density at radius 3 is 2.11 bits per heavy atom. The van der Waals surface area contributed by atoms with Gasteiger partial charge in [-0.3, -0.25) is 9.78 Å². The van der Waals surface area contributed by atoms with E-state index in [-0.39, 0.29) is 22.7 Å². The Morgan fingerprint density at radius 2 is 1.52 bits per heavy atom. The molecule has 0 N–H and O–H groups in total. The van der Waals surface area contributed by atoms with Gasteiger partial charge in [-0.1, -0.05) is 59.7 Å². The third-order valence-electron chi connectivity index (χ3n) is 6.30. The van der Waals surface area contributed by atoms with E-state index in [0.717, 1.165) is 23.7 Å². The summed E-state index contributed by atoms with van der Waals surface area (Å²) >= 11 is 0. The third-order valence-corrected chi connectivity index (χ3v) is 6.30. The number of carbonyl (C=O) groups is 1. The fraction of sp³-hybridized carbons (Fsp3) is 0.583. The van der Waals surface area contributed by atoms with Crippen molar-refractivity contribution in [2.45, 2.75) is 60.8 Å². The zero-order valence-electron chi connectivity index (χ0n) is 17.6. The molecule has 0 radical (unpaired) electrons. The Labute approximate surface area is 163 Å². The Morgan fingerprint density at radius 1 is 0.926 bits per heavy atom. The van der Waals surface area contributed by atoms with Gasteiger partial charge in [0, 0.05) is 11.6 Å². The summed E-state index contributed by atoms with van der Waals surface area (Å²) in [6, 6.07) is 9.65. The lowest BCUT2D eigenvalue weighted by Crippen LogP contribution is -2.39. The standard InChI is InChI=1S/C24H33NO2/c1-23(2,3)18-13-17(14-19(15-18)24(4,5)6)22(26)27-20-11-7-9-16-10-8-12-25-21(16)20/h7-12,17-19H,13-15H2,1-6H3/t18-,19-/m0/s1. The van der Waals surface area contributed by atoms with Crippen molar-refractivity contribution in [3.05, 3.63) is 36.5 Å². The number of rotatable bonds is 2. The van der Waals surface area contributed by atoms with E-state index >= 15 is 0 Å². The van der Waals surface area contributed by atoms with E-state index in [1.165, 1.54) is 6.42 Å². The van der Waals surface area contributed by atoms with E-state index < -0.39 is 0 Å². The predicted molar refractivity (Wildman–Crippen MR) is 111 cm³/mol. The highest BCUT2D eigenvalue weighted by molar-refractivity contribution is 5.87. The molecule has 1 aliphatic rings. The number of hydrogen-bond acceptors (Lipinski definition) is 3. The molecule has 2 atom stereocenters. The first-order valence-corrected chi connectivity index (χ1v) is 10.1. The van der Waals surface area contributed by atoms with E-state index in [9.17, 15) is 4.79 Å². The normalized spacial score (nSPS) is 24.0. The zero-order valence-corrected chi connectivity index (χ0v) is 17.6. The van der Waals surface area contributed by atoms with Gasteiger partial charge in [-0.05, 0) is 54.1 Å². The van der Waals surface area contributed by atoms with Crippen molar-refractivity contribution in [3.8, 4) is 5.75 Å². The number of nitrogens with zero attached hydrogens (tertiary/aromatic N) is 1. The molecule has 0 saturated heterocycles. The van der Waals surface area contributed by atoms with Crippen LogP contribution in [0.1, 0.15) is 60.8 Å². The summed E-state index contributed by atoms with van der Waals surface area (Å²) in [4.78, 5) is 17.5. The number of ether oxygens (including phenoxy) is 1. The van der Waals surface area contributed by atoms with Gasteiger partial charge < -0.3 is 4.74 Å². The first-order chi connectivity index (χ1) is 12.6. The van der Waals surface area contributed by atoms with Crippen molar-refractivity contribution < 1.29 is 9.53 Å². The lowest BCUT2D eigenvalue weighted by atomic mass is 9.60. The monoisotopic (exact) mass is 367 g/mol. The molecule has 0 spiro atoms. The van der Waals surface area contributed by atoms with Gasteiger partial charge in [0.25, 0.3) is 0 Å². The van der Waals surface area contributed by atoms with Crippen LogP contribution in [0.3, 0.4) is 0 Å². The number of benzene rings is 1. The van der Waals surface area contributed by atoms with Gasteiger partial charge in [-0.15, -0.1) is 0 Å². The summed E-state index contributed by atoms with van der Waals surface area (Å²) in [5.41, 5.74) is 1.15. The number of aromatic nitrogens is 1. The van der Waals surface area contributed by atoms with Gasteiger partial charge in [0.05, 0.1) is 5.92 Å². The minimum atomic E-state index is -0.101. The van der Waals surface area contributed by atoms with Gasteiger partial charge in [0.1, 0.15) is 5.52 Å². The molecule has 3 rings (SSSR count). The van der Waals surface area contributed by atoms with Crippen LogP contribution >= 0.6 is 0 Å². The van der Waals surface area contributed by atoms with Gasteiger partial charge in [0.2, 0.25) is 0 Å². The van der Waals surface area contributed by atoms with Gasteiger partial charge >= 0.3 is 5.97 Å². The van der Waals surface area contributed by atoms with Crippen molar-refractivity contribution in [1.82, 2.24) is 4.98 Å². The van der Waals surface area contributed by atoms with Crippen LogP contribution in [0.25, 0.3) is 10.9 Å². The van der Waals surface area contributed by atoms with Crippen molar-refractivity contribution in [2.24, 2.45) is 28.6 Å². The molecule has 1 aromatic heterocycles. The molecular weight excluding hydrogens is 334 g/mol. The first kappa shape index (κ1) is 19.9. The van der Waals surface area contributed by atoms with Crippen molar-refractivity contribution in [3.63, 3.8) is 0 Å². The zero-order chi connectivity index (χ0) is 19.8. The highest BCUT2D eigenvalue weighted by atomic mass is 16.5. The number of para-hydroxylation sites is 1. The summed E-state index contributed by atoms with van der Waals surface area (Å²) in [5, 5.41) is 0.992. The quantitative estimate of drug-likeness (QED) is 0.464. The molecular formula is C24H33NO2. The highest BCUT2D eigenvalue weighted by Crippen LogP contribution is 2.48. The minimum absolute atomic E-state index is 0.0498. The molecule has 146 valence electrons. The molecule has 1 aliphatic carbocycles. The molecule has 0 unspecified atom stereocenters. The minimum Gasteiger partial charge on any atom is -0.424 e. The molecule has 0 amide bonds. The van der Waals surface area contributed by atoms with E-state index in [2.05, 4.69) is 46.5 Å². The van der Waals surface area contributed by atoms with Crippen molar-refractivity contribution in [1.29, 1.82) is 0 Å². The van der Waals surface area contributed by atoms with Crippen LogP contribution in [0, 0.1) is 28.6 Å². The SMILES string of the molecule is CC(C)(C)[C@H]1CC(C(=O)Oc2cccc3cccnc23)C[C@H](C(C)(C)C)C1. The lowest BCUT2D eigenvalue weighted by molar-refractivity contribution is -0.142. The van der Waals surface area contributed by atoms with Gasteiger partial charge in [-0.25, -0.2) is 0 Å². The topological polar surface area (TPSA) is 39.2 Å². The van der Waals surface area contributed by atoms with Crippen LogP contribution in [0.15, 0.2) is 36.5 Å². The maximum absolute atomic E-state index is 13.1. The van der Waals surface area contributed by atoms with Crippen LogP contribution < -0.4 is 4.74 Å². The number of fused-ring (bicyclic) bond motifs is 1. The largest absolute Gasteiger partial charge is 0.424 e. The third kappa shape index (κ3) is 4.51. The Kier molecular flexibility index (Phi) is 5.33. The molecule has 0 aliphatic heterocycles. The van der Waals surface area contributed by atoms with E-state index in [4.69, 9.17) is 4.74 Å². The van der Waals surface area contributed by atoms with E-state index in [0.29, 0.717) is 17.6 Å². The Bertz CT molecular complexity index is 786. The summed E-state index contributed by atoms with van der Waals surface area (Å²) in [7, 11) is 0. The molecule has 0 bridgehead atoms. The number of esters is 1. The maximum Gasteiger partial charge on any atom is 0.314 e. The maximum atomic E-state index is 13.1. The van der Waals surface area contributed by atoms with Crippen LogP contribution in [0.2, 0.25) is 0 Å². The summed E-state index contributed by atoms with van der Waals surface area (Å²) < 4.78 is 5.89. The second-order valence-electron chi connectivity index (χ2n) is 10.3. The van der Waals surface area contributed by atoms with E-state index in [1.807, 2.05) is 30.3 Å². The highest BCUT2D eigenvalue weighted by Gasteiger charge is 2.42. The summed E-state index contributed by atoms with van der Waals surface area (Å²) in [6.07, 6.45) is 4.75. The van der Waals surface area contributed by atoms with Crippen LogP contribution in [-0.2, 0) is 4.79 Å². The van der Waals surface area contributed by atoms with Gasteiger partial charge in [0.15, 0.2) is 5.75 Å². The molecule has 1 fully saturated rings.